The molecule has 62 valence electrons. The number of rotatable bonds is 2. The molecule has 0 spiro atoms. The highest BCUT2D eigenvalue weighted by molar-refractivity contribution is 5.96. The lowest BCUT2D eigenvalue weighted by Gasteiger charge is -1.97. The molecular weight excluding hydrogens is 152 g/mol. The van der Waals surface area contributed by atoms with Gasteiger partial charge in [0.2, 0.25) is 0 Å². The molecule has 0 fully saturated rings. The average molecular weight is 162 g/mol. The Labute approximate surface area is 71.2 Å². The van der Waals surface area contributed by atoms with E-state index in [0.29, 0.717) is 5.56 Å². The molecule has 1 amide bonds. The van der Waals surface area contributed by atoms with Crippen LogP contribution < -0.4 is 0 Å². The van der Waals surface area contributed by atoms with E-state index in [1.807, 2.05) is 6.92 Å². The van der Waals surface area contributed by atoms with Crippen molar-refractivity contribution in [1.29, 1.82) is 0 Å². The molecule has 0 unspecified atom stereocenters. The Balaban J connectivity index is 3.01. The summed E-state index contributed by atoms with van der Waals surface area (Å²) in [5, 5.41) is 0. The van der Waals surface area contributed by atoms with Gasteiger partial charge in [0.15, 0.2) is 0 Å². The van der Waals surface area contributed by atoms with Crippen molar-refractivity contribution in [2.45, 2.75) is 13.3 Å². The zero-order valence-corrected chi connectivity index (χ0v) is 6.95. The normalized spacial score (nSPS) is 9.42. The number of amides is 1. The fourth-order valence-corrected chi connectivity index (χ4v) is 0.896. The number of nitrogens with zero attached hydrogens (tertiary/aromatic N) is 2. The lowest BCUT2D eigenvalue weighted by Crippen LogP contribution is -1.96. The number of carbonyl (C=O) groups is 1. The number of carbonyl (C=O) groups excluding carboxylic acids is 1. The van der Waals surface area contributed by atoms with Crippen LogP contribution in [0.2, 0.25) is 0 Å². The second kappa shape index (κ2) is 3.76. The molecule has 0 aliphatic carbocycles. The number of aryl methyl sites for hydroxylation is 1. The second-order valence-electron chi connectivity index (χ2n) is 2.35. The Morgan fingerprint density at radius 2 is 2.50 bits per heavy atom. The predicted molar refractivity (Wildman–Crippen MR) is 47.5 cm³/mol. The average Bonchev–Trinajstić information content (AvgIpc) is 2.17. The van der Waals surface area contributed by atoms with Gasteiger partial charge in [-0.15, -0.1) is 0 Å². The van der Waals surface area contributed by atoms with Gasteiger partial charge in [-0.1, -0.05) is 6.92 Å². The molecule has 0 aliphatic heterocycles. The molecule has 0 aliphatic rings. The molecule has 0 saturated carbocycles. The van der Waals surface area contributed by atoms with E-state index in [2.05, 4.69) is 16.7 Å². The second-order valence-corrected chi connectivity index (χ2v) is 2.35. The van der Waals surface area contributed by atoms with Gasteiger partial charge in [-0.2, -0.15) is 0 Å². The van der Waals surface area contributed by atoms with Crippen LogP contribution in [0.3, 0.4) is 0 Å². The van der Waals surface area contributed by atoms with E-state index in [4.69, 9.17) is 0 Å². The first kappa shape index (κ1) is 8.59. The highest BCUT2D eigenvalue weighted by atomic mass is 16.1. The zero-order valence-electron chi connectivity index (χ0n) is 6.95. The topological polar surface area (TPSA) is 42.3 Å². The molecule has 0 saturated heterocycles. The molecule has 1 aromatic heterocycles. The van der Waals surface area contributed by atoms with E-state index in [-0.39, 0.29) is 5.91 Å². The van der Waals surface area contributed by atoms with Crippen LogP contribution in [0.4, 0.5) is 0 Å². The van der Waals surface area contributed by atoms with Crippen molar-refractivity contribution >= 4 is 12.6 Å². The molecule has 0 radical (unpaired) electrons. The largest absolute Gasteiger partial charge is 0.276 e. The first-order chi connectivity index (χ1) is 5.77. The lowest BCUT2D eigenvalue weighted by molar-refractivity contribution is 0.100. The molecule has 0 N–H and O–H groups in total. The highest BCUT2D eigenvalue weighted by Gasteiger charge is 2.02. The first-order valence-electron chi connectivity index (χ1n) is 3.74. The standard InChI is InChI=1S/C9H10N2O/c1-3-8-6-7(4-5-11-8)9(12)10-2/h4-6H,2-3H2,1H3. The van der Waals surface area contributed by atoms with Gasteiger partial charge >= 0.3 is 0 Å². The summed E-state index contributed by atoms with van der Waals surface area (Å²) in [5.41, 5.74) is 1.45. The van der Waals surface area contributed by atoms with Crippen LogP contribution in [0.15, 0.2) is 23.3 Å². The van der Waals surface area contributed by atoms with E-state index in [1.165, 1.54) is 0 Å². The van der Waals surface area contributed by atoms with Crippen molar-refractivity contribution in [3.8, 4) is 0 Å². The minimum Gasteiger partial charge on any atom is -0.267 e. The maximum Gasteiger partial charge on any atom is 0.276 e. The number of aliphatic imine (C=N–C) groups is 1. The SMILES string of the molecule is C=NC(=O)c1ccnc(CC)c1. The van der Waals surface area contributed by atoms with Crippen LogP contribution in [0.5, 0.6) is 0 Å². The van der Waals surface area contributed by atoms with E-state index >= 15 is 0 Å². The van der Waals surface area contributed by atoms with Gasteiger partial charge in [-0.3, -0.25) is 9.78 Å². The monoisotopic (exact) mass is 162 g/mol. The van der Waals surface area contributed by atoms with E-state index in [1.54, 1.807) is 18.3 Å². The Hall–Kier alpha value is -1.51. The molecule has 1 heterocycles. The number of hydrogen-bond acceptors (Lipinski definition) is 2. The highest BCUT2D eigenvalue weighted by Crippen LogP contribution is 2.03. The number of aromatic nitrogens is 1. The number of pyridine rings is 1. The summed E-state index contributed by atoms with van der Waals surface area (Å²) < 4.78 is 0. The Morgan fingerprint density at radius 1 is 1.75 bits per heavy atom. The van der Waals surface area contributed by atoms with Crippen LogP contribution in [-0.2, 0) is 6.42 Å². The van der Waals surface area contributed by atoms with Crippen LogP contribution in [0.25, 0.3) is 0 Å². The van der Waals surface area contributed by atoms with Crippen molar-refractivity contribution < 1.29 is 4.79 Å². The Morgan fingerprint density at radius 3 is 3.08 bits per heavy atom. The number of hydrogen-bond donors (Lipinski definition) is 0. The van der Waals surface area contributed by atoms with Crippen molar-refractivity contribution in [2.75, 3.05) is 0 Å². The van der Waals surface area contributed by atoms with Crippen molar-refractivity contribution in [1.82, 2.24) is 4.98 Å². The third-order valence-electron chi connectivity index (χ3n) is 1.57. The summed E-state index contributed by atoms with van der Waals surface area (Å²) in [4.78, 5) is 18.4. The molecular formula is C9H10N2O. The van der Waals surface area contributed by atoms with Gasteiger partial charge < -0.3 is 0 Å². The summed E-state index contributed by atoms with van der Waals surface area (Å²) >= 11 is 0. The van der Waals surface area contributed by atoms with Crippen molar-refractivity contribution in [3.05, 3.63) is 29.6 Å². The Kier molecular flexibility index (Phi) is 2.69. The van der Waals surface area contributed by atoms with E-state index < -0.39 is 0 Å². The van der Waals surface area contributed by atoms with E-state index in [0.717, 1.165) is 12.1 Å². The fourth-order valence-electron chi connectivity index (χ4n) is 0.896. The van der Waals surface area contributed by atoms with Crippen LogP contribution >= 0.6 is 0 Å². The maximum atomic E-state index is 11.0. The first-order valence-corrected chi connectivity index (χ1v) is 3.74. The summed E-state index contributed by atoms with van der Waals surface area (Å²) in [7, 11) is 0. The fraction of sp³-hybridized carbons (Fsp3) is 0.222. The molecule has 1 aromatic rings. The van der Waals surface area contributed by atoms with Crippen LogP contribution in [-0.4, -0.2) is 17.6 Å². The van der Waals surface area contributed by atoms with Gasteiger partial charge in [-0.25, -0.2) is 4.99 Å². The molecule has 3 heteroatoms. The minimum absolute atomic E-state index is 0.299. The lowest BCUT2D eigenvalue weighted by atomic mass is 10.2. The van der Waals surface area contributed by atoms with Gasteiger partial charge in [0.05, 0.1) is 0 Å². The molecule has 0 aromatic carbocycles. The smallest absolute Gasteiger partial charge is 0.267 e. The van der Waals surface area contributed by atoms with Crippen molar-refractivity contribution in [2.24, 2.45) is 4.99 Å². The van der Waals surface area contributed by atoms with Gasteiger partial charge in [0.1, 0.15) is 0 Å². The van der Waals surface area contributed by atoms with Gasteiger partial charge in [-0.05, 0) is 25.3 Å². The summed E-state index contributed by atoms with van der Waals surface area (Å²) in [6.45, 7) is 5.16. The zero-order chi connectivity index (χ0) is 8.97. The third-order valence-corrected chi connectivity index (χ3v) is 1.57. The summed E-state index contributed by atoms with van der Waals surface area (Å²) in [6.07, 6.45) is 2.43. The van der Waals surface area contributed by atoms with Gasteiger partial charge in [0.25, 0.3) is 5.91 Å². The third kappa shape index (κ3) is 1.75. The molecule has 0 bridgehead atoms. The van der Waals surface area contributed by atoms with Crippen LogP contribution in [0, 0.1) is 0 Å². The predicted octanol–water partition coefficient (Wildman–Crippen LogP) is 1.48. The molecule has 3 nitrogen and oxygen atoms in total. The molecule has 12 heavy (non-hydrogen) atoms. The summed E-state index contributed by atoms with van der Waals surface area (Å²) in [6, 6.07) is 3.37. The molecule has 1 rings (SSSR count). The van der Waals surface area contributed by atoms with Gasteiger partial charge in [0, 0.05) is 17.5 Å². The van der Waals surface area contributed by atoms with Crippen LogP contribution in [0.1, 0.15) is 23.0 Å². The van der Waals surface area contributed by atoms with Crippen molar-refractivity contribution in [3.63, 3.8) is 0 Å². The van der Waals surface area contributed by atoms with E-state index in [9.17, 15) is 4.79 Å². The quantitative estimate of drug-likeness (QED) is 0.618. The Bertz CT molecular complexity index is 307. The maximum absolute atomic E-state index is 11.0. The minimum atomic E-state index is -0.299. The summed E-state index contributed by atoms with van der Waals surface area (Å²) in [5.74, 6) is -0.299. The molecule has 0 atom stereocenters.